The molecule has 3 rings (SSSR count). The molecule has 1 heterocycles. The first-order valence-corrected chi connectivity index (χ1v) is 6.79. The van der Waals surface area contributed by atoms with Crippen LogP contribution in [0.4, 0.5) is 0 Å². The van der Waals surface area contributed by atoms with Gasteiger partial charge in [0.1, 0.15) is 13.2 Å². The van der Waals surface area contributed by atoms with Gasteiger partial charge in [0.15, 0.2) is 11.5 Å². The first kappa shape index (κ1) is 11.4. The van der Waals surface area contributed by atoms with Gasteiger partial charge in [-0.3, -0.25) is 0 Å². The molecule has 0 unspecified atom stereocenters. The largest absolute Gasteiger partial charge is 0.486 e. The van der Waals surface area contributed by atoms with Crippen LogP contribution in [0.5, 0.6) is 11.5 Å². The summed E-state index contributed by atoms with van der Waals surface area (Å²) in [7, 11) is 0. The Morgan fingerprint density at radius 3 is 2.65 bits per heavy atom. The van der Waals surface area contributed by atoms with Gasteiger partial charge < -0.3 is 15.2 Å². The first-order chi connectivity index (χ1) is 8.12. The fourth-order valence-electron chi connectivity index (χ4n) is 2.73. The Bertz CT molecular complexity index is 469. The minimum Gasteiger partial charge on any atom is -0.486 e. The normalized spacial score (nSPS) is 20.9. The molecule has 0 spiro atoms. The second-order valence-electron chi connectivity index (χ2n) is 4.89. The van der Waals surface area contributed by atoms with Crippen LogP contribution in [0.3, 0.4) is 0 Å². The summed E-state index contributed by atoms with van der Waals surface area (Å²) in [6, 6.07) is 1.99. The third-order valence-corrected chi connectivity index (χ3v) is 4.39. The van der Waals surface area contributed by atoms with Crippen molar-refractivity contribution in [2.45, 2.75) is 31.7 Å². The summed E-state index contributed by atoms with van der Waals surface area (Å²) in [6.45, 7) is 3.30. The van der Waals surface area contributed by atoms with E-state index in [0.717, 1.165) is 34.4 Å². The third kappa shape index (κ3) is 1.66. The van der Waals surface area contributed by atoms with Gasteiger partial charge in [-0.1, -0.05) is 15.9 Å². The van der Waals surface area contributed by atoms with E-state index in [0.29, 0.717) is 13.2 Å². The number of fused-ring (bicyclic) bond motifs is 1. The Balaban J connectivity index is 2.15. The average Bonchev–Trinajstić information content (AvgIpc) is 2.26. The van der Waals surface area contributed by atoms with Crippen LogP contribution in [0.15, 0.2) is 10.5 Å². The topological polar surface area (TPSA) is 44.5 Å². The number of hydrogen-bond donors (Lipinski definition) is 1. The fourth-order valence-corrected chi connectivity index (χ4v) is 3.63. The van der Waals surface area contributed by atoms with E-state index < -0.39 is 0 Å². The summed E-state index contributed by atoms with van der Waals surface area (Å²) in [6.07, 6.45) is 3.30. The smallest absolute Gasteiger partial charge is 0.164 e. The molecule has 0 radical (unpaired) electrons. The molecule has 1 saturated carbocycles. The molecule has 17 heavy (non-hydrogen) atoms. The maximum atomic E-state index is 6.43. The number of hydrogen-bond acceptors (Lipinski definition) is 3. The molecule has 1 aliphatic heterocycles. The van der Waals surface area contributed by atoms with Crippen LogP contribution >= 0.6 is 15.9 Å². The number of halogens is 1. The van der Waals surface area contributed by atoms with Gasteiger partial charge in [0.2, 0.25) is 0 Å². The summed E-state index contributed by atoms with van der Waals surface area (Å²) >= 11 is 3.62. The SMILES string of the molecule is Cc1c2c(cc(Br)c1C1(N)CCC1)OCCO2. The van der Waals surface area contributed by atoms with E-state index in [-0.39, 0.29) is 5.54 Å². The summed E-state index contributed by atoms with van der Waals surface area (Å²) < 4.78 is 12.4. The standard InChI is InChI=1S/C13H16BrNO2/c1-8-11(13(15)3-2-4-13)9(14)7-10-12(8)17-6-5-16-10/h7H,2-6,15H2,1H3. The van der Waals surface area contributed by atoms with E-state index in [1.807, 2.05) is 6.07 Å². The zero-order chi connectivity index (χ0) is 12.0. The highest BCUT2D eigenvalue weighted by molar-refractivity contribution is 9.10. The maximum Gasteiger partial charge on any atom is 0.164 e. The molecule has 1 aromatic rings. The predicted octanol–water partition coefficient (Wildman–Crippen LogP) is 2.87. The van der Waals surface area contributed by atoms with Crippen molar-refractivity contribution in [2.75, 3.05) is 13.2 Å². The van der Waals surface area contributed by atoms with E-state index in [2.05, 4.69) is 22.9 Å². The highest BCUT2D eigenvalue weighted by Crippen LogP contribution is 2.48. The molecule has 2 aliphatic rings. The summed E-state index contributed by atoms with van der Waals surface area (Å²) in [4.78, 5) is 0. The molecule has 92 valence electrons. The van der Waals surface area contributed by atoms with Crippen LogP contribution in [0.1, 0.15) is 30.4 Å². The Morgan fingerprint density at radius 2 is 2.00 bits per heavy atom. The van der Waals surface area contributed by atoms with Crippen LogP contribution in [0, 0.1) is 6.92 Å². The van der Waals surface area contributed by atoms with Gasteiger partial charge in [-0.05, 0) is 37.8 Å². The molecular weight excluding hydrogens is 282 g/mol. The fraction of sp³-hybridized carbons (Fsp3) is 0.538. The first-order valence-electron chi connectivity index (χ1n) is 6.00. The van der Waals surface area contributed by atoms with Crippen molar-refractivity contribution < 1.29 is 9.47 Å². The van der Waals surface area contributed by atoms with Gasteiger partial charge in [0.05, 0.1) is 0 Å². The average molecular weight is 298 g/mol. The number of benzene rings is 1. The molecule has 0 amide bonds. The maximum absolute atomic E-state index is 6.43. The monoisotopic (exact) mass is 297 g/mol. The van der Waals surface area contributed by atoms with Crippen molar-refractivity contribution in [1.29, 1.82) is 0 Å². The second-order valence-corrected chi connectivity index (χ2v) is 5.75. The number of nitrogens with two attached hydrogens (primary N) is 1. The molecule has 1 aliphatic carbocycles. The Hall–Kier alpha value is -0.740. The van der Waals surface area contributed by atoms with Crippen molar-refractivity contribution >= 4 is 15.9 Å². The molecular formula is C13H16BrNO2. The Labute approximate surface area is 109 Å². The minimum absolute atomic E-state index is 0.182. The van der Waals surface area contributed by atoms with Gasteiger partial charge in [0, 0.05) is 15.6 Å². The molecule has 1 fully saturated rings. The molecule has 4 heteroatoms. The third-order valence-electron chi connectivity index (χ3n) is 3.77. The lowest BCUT2D eigenvalue weighted by atomic mass is 9.71. The highest BCUT2D eigenvalue weighted by Gasteiger charge is 2.38. The van der Waals surface area contributed by atoms with Crippen LogP contribution in [0.25, 0.3) is 0 Å². The van der Waals surface area contributed by atoms with Gasteiger partial charge in [-0.15, -0.1) is 0 Å². The summed E-state index contributed by atoms with van der Waals surface area (Å²) in [5.41, 5.74) is 8.56. The van der Waals surface area contributed by atoms with E-state index in [1.54, 1.807) is 0 Å². The van der Waals surface area contributed by atoms with Crippen molar-refractivity contribution in [3.63, 3.8) is 0 Å². The van der Waals surface area contributed by atoms with Crippen molar-refractivity contribution in [3.8, 4) is 11.5 Å². The van der Waals surface area contributed by atoms with E-state index in [4.69, 9.17) is 15.2 Å². The van der Waals surface area contributed by atoms with E-state index in [9.17, 15) is 0 Å². The summed E-state index contributed by atoms with van der Waals surface area (Å²) in [5.74, 6) is 1.69. The predicted molar refractivity (Wildman–Crippen MR) is 69.6 cm³/mol. The second kappa shape index (κ2) is 3.89. The molecule has 0 aromatic heterocycles. The van der Waals surface area contributed by atoms with E-state index >= 15 is 0 Å². The highest BCUT2D eigenvalue weighted by atomic mass is 79.9. The van der Waals surface area contributed by atoms with Gasteiger partial charge in [-0.2, -0.15) is 0 Å². The lowest BCUT2D eigenvalue weighted by Crippen LogP contribution is -2.44. The molecule has 0 atom stereocenters. The van der Waals surface area contributed by atoms with Crippen molar-refractivity contribution in [2.24, 2.45) is 5.73 Å². The van der Waals surface area contributed by atoms with Crippen LogP contribution in [0.2, 0.25) is 0 Å². The van der Waals surface area contributed by atoms with E-state index in [1.165, 1.54) is 12.0 Å². The van der Waals surface area contributed by atoms with Crippen LogP contribution < -0.4 is 15.2 Å². The zero-order valence-electron chi connectivity index (χ0n) is 9.88. The Kier molecular flexibility index (Phi) is 2.60. The lowest BCUT2D eigenvalue weighted by Gasteiger charge is -2.41. The molecule has 2 N–H and O–H groups in total. The lowest BCUT2D eigenvalue weighted by molar-refractivity contribution is 0.168. The Morgan fingerprint density at radius 1 is 1.29 bits per heavy atom. The molecule has 1 aromatic carbocycles. The van der Waals surface area contributed by atoms with Gasteiger partial charge in [-0.25, -0.2) is 0 Å². The number of ether oxygens (including phenoxy) is 2. The minimum atomic E-state index is -0.182. The molecule has 3 nitrogen and oxygen atoms in total. The zero-order valence-corrected chi connectivity index (χ0v) is 11.5. The van der Waals surface area contributed by atoms with Crippen molar-refractivity contribution in [1.82, 2.24) is 0 Å². The molecule has 0 saturated heterocycles. The van der Waals surface area contributed by atoms with Gasteiger partial charge in [0.25, 0.3) is 0 Å². The van der Waals surface area contributed by atoms with Gasteiger partial charge >= 0.3 is 0 Å². The number of rotatable bonds is 1. The molecule has 0 bridgehead atoms. The quantitative estimate of drug-likeness (QED) is 0.867. The van der Waals surface area contributed by atoms with Crippen LogP contribution in [-0.4, -0.2) is 13.2 Å². The van der Waals surface area contributed by atoms with Crippen LogP contribution in [-0.2, 0) is 5.54 Å². The van der Waals surface area contributed by atoms with Crippen molar-refractivity contribution in [3.05, 3.63) is 21.7 Å². The summed E-state index contributed by atoms with van der Waals surface area (Å²) in [5, 5.41) is 0.